The van der Waals surface area contributed by atoms with E-state index in [0.717, 1.165) is 6.54 Å². The topological polar surface area (TPSA) is 93.1 Å². The van der Waals surface area contributed by atoms with Crippen LogP contribution in [0.4, 0.5) is 17.6 Å². The summed E-state index contributed by atoms with van der Waals surface area (Å²) in [7, 11) is 4.06. The van der Waals surface area contributed by atoms with Crippen molar-refractivity contribution >= 4 is 17.6 Å². The molecule has 1 rings (SSSR count). The summed E-state index contributed by atoms with van der Waals surface area (Å²) < 4.78 is 0. The molecule has 6 nitrogen and oxygen atoms in total. The van der Waals surface area contributed by atoms with E-state index in [2.05, 4.69) is 34.0 Å². The van der Waals surface area contributed by atoms with Crippen molar-refractivity contribution in [3.8, 4) is 0 Å². The number of anilines is 3. The van der Waals surface area contributed by atoms with Gasteiger partial charge in [-0.05, 0) is 27.9 Å². The van der Waals surface area contributed by atoms with Gasteiger partial charge in [-0.3, -0.25) is 0 Å². The van der Waals surface area contributed by atoms with Crippen LogP contribution in [0.5, 0.6) is 0 Å². The van der Waals surface area contributed by atoms with E-state index in [4.69, 9.17) is 11.5 Å². The van der Waals surface area contributed by atoms with E-state index in [1.807, 2.05) is 14.1 Å². The zero-order chi connectivity index (χ0) is 12.3. The first-order valence-electron chi connectivity index (χ1n) is 5.12. The largest absolute Gasteiger partial charge is 0.383 e. The third-order valence-electron chi connectivity index (χ3n) is 2.68. The molecule has 0 aliphatic carbocycles. The quantitative estimate of drug-likeness (QED) is 0.685. The van der Waals surface area contributed by atoms with E-state index >= 15 is 0 Å². The molecule has 0 atom stereocenters. The predicted octanol–water partition coefficient (Wildman–Crippen LogP) is 0.393. The number of nitrogens with zero attached hydrogens (tertiary/aromatic N) is 3. The summed E-state index contributed by atoms with van der Waals surface area (Å²) in [6, 6.07) is 1.67. The fraction of sp³-hybridized carbons (Fsp3) is 0.600. The average Bonchev–Trinajstić information content (AvgIpc) is 2.13. The van der Waals surface area contributed by atoms with Crippen LogP contribution in [-0.4, -0.2) is 41.0 Å². The van der Waals surface area contributed by atoms with E-state index in [0.29, 0.717) is 11.6 Å². The number of likely N-dealkylation sites (N-methyl/N-ethyl adjacent to an activating group) is 1. The molecule has 0 amide bonds. The fourth-order valence-electron chi connectivity index (χ4n) is 1.04. The maximum Gasteiger partial charge on any atom is 0.223 e. The van der Waals surface area contributed by atoms with Gasteiger partial charge >= 0.3 is 0 Å². The Kier molecular flexibility index (Phi) is 3.54. The first-order chi connectivity index (χ1) is 7.31. The predicted molar refractivity (Wildman–Crippen MR) is 67.1 cm³/mol. The van der Waals surface area contributed by atoms with Gasteiger partial charge in [0.1, 0.15) is 11.6 Å². The molecular formula is C10H20N6. The minimum Gasteiger partial charge on any atom is -0.383 e. The Morgan fingerprint density at radius 1 is 1.31 bits per heavy atom. The van der Waals surface area contributed by atoms with Crippen molar-refractivity contribution in [1.82, 2.24) is 14.9 Å². The van der Waals surface area contributed by atoms with Gasteiger partial charge in [-0.25, -0.2) is 0 Å². The number of hydrogen-bond donors (Lipinski definition) is 3. The van der Waals surface area contributed by atoms with Crippen LogP contribution in [0.15, 0.2) is 6.07 Å². The van der Waals surface area contributed by atoms with Crippen LogP contribution in [0.3, 0.4) is 0 Å². The minimum absolute atomic E-state index is 0.0223. The van der Waals surface area contributed by atoms with Crippen molar-refractivity contribution in [2.45, 2.75) is 19.4 Å². The van der Waals surface area contributed by atoms with Crippen molar-refractivity contribution in [2.24, 2.45) is 0 Å². The molecular weight excluding hydrogens is 204 g/mol. The lowest BCUT2D eigenvalue weighted by atomic mass is 10.0. The van der Waals surface area contributed by atoms with Gasteiger partial charge in [0.05, 0.1) is 0 Å². The Morgan fingerprint density at radius 3 is 2.44 bits per heavy atom. The second-order valence-corrected chi connectivity index (χ2v) is 4.60. The van der Waals surface area contributed by atoms with E-state index in [-0.39, 0.29) is 11.5 Å². The summed E-state index contributed by atoms with van der Waals surface area (Å²) in [5.41, 5.74) is 11.1. The van der Waals surface area contributed by atoms with Gasteiger partial charge in [0.2, 0.25) is 5.95 Å². The molecule has 0 saturated carbocycles. The zero-order valence-electron chi connectivity index (χ0n) is 10.3. The number of nitrogens with two attached hydrogens (primary N) is 2. The highest BCUT2D eigenvalue weighted by atomic mass is 15.2. The molecule has 0 aliphatic heterocycles. The summed E-state index contributed by atoms with van der Waals surface area (Å²) in [6.45, 7) is 5.01. The maximum atomic E-state index is 5.58. The van der Waals surface area contributed by atoms with Crippen molar-refractivity contribution < 1.29 is 0 Å². The normalized spacial score (nSPS) is 11.8. The standard InChI is InChI=1S/C10H20N6/c1-10(2,16(3)4)6-13-8-5-7(11)14-9(12)15-8/h5H,6H2,1-4H3,(H5,11,12,13,14,15). The zero-order valence-corrected chi connectivity index (χ0v) is 10.3. The van der Waals surface area contributed by atoms with Gasteiger partial charge in [-0.1, -0.05) is 0 Å². The number of nitrogens with one attached hydrogen (secondary N) is 1. The Balaban J connectivity index is 2.68. The first kappa shape index (κ1) is 12.5. The molecule has 0 spiro atoms. The molecule has 0 fully saturated rings. The number of nitrogen functional groups attached to an aromatic ring is 2. The first-order valence-corrected chi connectivity index (χ1v) is 5.12. The molecule has 0 radical (unpaired) electrons. The Labute approximate surface area is 96.0 Å². The molecule has 0 unspecified atom stereocenters. The molecule has 16 heavy (non-hydrogen) atoms. The Hall–Kier alpha value is -1.56. The van der Waals surface area contributed by atoms with Crippen LogP contribution >= 0.6 is 0 Å². The van der Waals surface area contributed by atoms with Gasteiger partial charge in [0, 0.05) is 18.2 Å². The molecule has 1 aromatic heterocycles. The highest BCUT2D eigenvalue weighted by Gasteiger charge is 2.20. The molecule has 6 heteroatoms. The summed E-state index contributed by atoms with van der Waals surface area (Å²) in [5, 5.41) is 3.20. The van der Waals surface area contributed by atoms with Gasteiger partial charge in [0.25, 0.3) is 0 Å². The Bertz CT molecular complexity index is 340. The van der Waals surface area contributed by atoms with Crippen LogP contribution in [-0.2, 0) is 0 Å². The molecule has 0 bridgehead atoms. The second-order valence-electron chi connectivity index (χ2n) is 4.60. The highest BCUT2D eigenvalue weighted by molar-refractivity contribution is 5.48. The molecule has 0 aliphatic rings. The smallest absolute Gasteiger partial charge is 0.223 e. The third-order valence-corrected chi connectivity index (χ3v) is 2.68. The lowest BCUT2D eigenvalue weighted by Crippen LogP contribution is -2.44. The van der Waals surface area contributed by atoms with Gasteiger partial charge in [-0.15, -0.1) is 0 Å². The van der Waals surface area contributed by atoms with Crippen LogP contribution in [0.2, 0.25) is 0 Å². The second kappa shape index (κ2) is 4.52. The summed E-state index contributed by atoms with van der Waals surface area (Å²) >= 11 is 0. The van der Waals surface area contributed by atoms with Crippen LogP contribution < -0.4 is 16.8 Å². The lowest BCUT2D eigenvalue weighted by Gasteiger charge is -2.32. The molecule has 0 saturated heterocycles. The SMILES string of the molecule is CN(C)C(C)(C)CNc1cc(N)nc(N)n1. The molecule has 1 heterocycles. The van der Waals surface area contributed by atoms with Gasteiger partial charge in [0.15, 0.2) is 0 Å². The number of hydrogen-bond acceptors (Lipinski definition) is 6. The van der Waals surface area contributed by atoms with Crippen LogP contribution in [0.1, 0.15) is 13.8 Å². The monoisotopic (exact) mass is 224 g/mol. The molecule has 5 N–H and O–H groups in total. The molecule has 90 valence electrons. The van der Waals surface area contributed by atoms with E-state index in [9.17, 15) is 0 Å². The van der Waals surface area contributed by atoms with E-state index < -0.39 is 0 Å². The summed E-state index contributed by atoms with van der Waals surface area (Å²) in [6.07, 6.45) is 0. The van der Waals surface area contributed by atoms with Crippen LogP contribution in [0.25, 0.3) is 0 Å². The Morgan fingerprint density at radius 2 is 1.94 bits per heavy atom. The van der Waals surface area contributed by atoms with E-state index in [1.165, 1.54) is 0 Å². The third kappa shape index (κ3) is 3.23. The van der Waals surface area contributed by atoms with Crippen molar-refractivity contribution in [3.05, 3.63) is 6.07 Å². The summed E-state index contributed by atoms with van der Waals surface area (Å²) in [4.78, 5) is 9.99. The van der Waals surface area contributed by atoms with E-state index in [1.54, 1.807) is 6.07 Å². The highest BCUT2D eigenvalue weighted by Crippen LogP contribution is 2.13. The molecule has 0 aromatic carbocycles. The summed E-state index contributed by atoms with van der Waals surface area (Å²) in [5.74, 6) is 1.21. The molecule has 1 aromatic rings. The van der Waals surface area contributed by atoms with Gasteiger partial charge in [-0.2, -0.15) is 9.97 Å². The maximum absolute atomic E-state index is 5.58. The van der Waals surface area contributed by atoms with Crippen molar-refractivity contribution in [2.75, 3.05) is 37.4 Å². The minimum atomic E-state index is 0.0223. The lowest BCUT2D eigenvalue weighted by molar-refractivity contribution is 0.210. The van der Waals surface area contributed by atoms with Crippen LogP contribution in [0, 0.1) is 0 Å². The number of rotatable bonds is 4. The van der Waals surface area contributed by atoms with Gasteiger partial charge < -0.3 is 21.7 Å². The fourth-order valence-corrected chi connectivity index (χ4v) is 1.04. The van der Waals surface area contributed by atoms with Crippen molar-refractivity contribution in [3.63, 3.8) is 0 Å². The van der Waals surface area contributed by atoms with Crippen molar-refractivity contribution in [1.29, 1.82) is 0 Å². The number of aromatic nitrogens is 2. The average molecular weight is 224 g/mol.